The van der Waals surface area contributed by atoms with Crippen LogP contribution in [0.1, 0.15) is 30.6 Å². The van der Waals surface area contributed by atoms with Crippen molar-refractivity contribution in [2.24, 2.45) is 0 Å². The second-order valence-electron chi connectivity index (χ2n) is 5.73. The van der Waals surface area contributed by atoms with Gasteiger partial charge in [0.25, 0.3) is 5.91 Å². The summed E-state index contributed by atoms with van der Waals surface area (Å²) in [5, 5.41) is 12.2. The fourth-order valence-corrected chi connectivity index (χ4v) is 3.21. The van der Waals surface area contributed by atoms with Crippen LogP contribution >= 0.6 is 15.9 Å². The molecule has 6 nitrogen and oxygen atoms in total. The molecule has 1 aromatic carbocycles. The Hall–Kier alpha value is -2.53. The van der Waals surface area contributed by atoms with Crippen LogP contribution in [0.4, 0.5) is 4.39 Å². The number of amides is 2. The molecule has 1 aromatic heterocycles. The Kier molecular flexibility index (Phi) is 7.25. The van der Waals surface area contributed by atoms with Crippen molar-refractivity contribution < 1.29 is 14.0 Å². The van der Waals surface area contributed by atoms with Gasteiger partial charge in [-0.25, -0.2) is 4.39 Å². The maximum Gasteiger partial charge on any atom is 0.252 e. The second kappa shape index (κ2) is 9.42. The number of alkyl halides is 1. The van der Waals surface area contributed by atoms with Crippen molar-refractivity contribution in [2.45, 2.75) is 32.5 Å². The molecule has 1 fully saturated rings. The van der Waals surface area contributed by atoms with Crippen LogP contribution in [0.25, 0.3) is 10.9 Å². The van der Waals surface area contributed by atoms with E-state index in [1.54, 1.807) is 18.2 Å². The molecule has 8 heteroatoms. The molecule has 0 spiro atoms. The lowest BCUT2D eigenvalue weighted by Gasteiger charge is -2.19. The van der Waals surface area contributed by atoms with Gasteiger partial charge in [-0.3, -0.25) is 14.6 Å². The molecule has 0 radical (unpaired) electrons. The van der Waals surface area contributed by atoms with E-state index in [4.69, 9.17) is 5.26 Å². The van der Waals surface area contributed by atoms with E-state index < -0.39 is 24.0 Å². The predicted octanol–water partition coefficient (Wildman–Crippen LogP) is 3.22. The standard InChI is InChI=1S/C17H14BrFN4O2.C2H6/c18-10-1-2-15-14(5-10)13(3-4-21-15)17(25)22-8-16(24)23-9-11(19)6-12(23)7-20;1-2/h1-5,11-12H,6,8-9H2,(H,22,25);1-2H3/t11?,12-;/m0./s1. The first-order valence-electron chi connectivity index (χ1n) is 8.65. The number of nitrogens with zero attached hydrogens (tertiary/aromatic N) is 3. The molecule has 27 heavy (non-hydrogen) atoms. The minimum absolute atomic E-state index is 0.0131. The SMILES string of the molecule is CC.N#C[C@@H]1CC(F)CN1C(=O)CNC(=O)c1ccnc2ccc(Br)cc12. The van der Waals surface area contributed by atoms with Gasteiger partial charge < -0.3 is 10.2 Å². The summed E-state index contributed by atoms with van der Waals surface area (Å²) in [7, 11) is 0. The zero-order valence-corrected chi connectivity index (χ0v) is 16.7. The third kappa shape index (κ3) is 4.80. The largest absolute Gasteiger partial charge is 0.343 e. The van der Waals surface area contributed by atoms with E-state index in [1.165, 1.54) is 11.1 Å². The van der Waals surface area contributed by atoms with E-state index in [2.05, 4.69) is 26.2 Å². The summed E-state index contributed by atoms with van der Waals surface area (Å²) in [6.07, 6.45) is 0.331. The van der Waals surface area contributed by atoms with Gasteiger partial charge >= 0.3 is 0 Å². The number of nitrogens with one attached hydrogen (secondary N) is 1. The number of fused-ring (bicyclic) bond motifs is 1. The molecular formula is C19H20BrFN4O2. The number of carbonyl (C=O) groups is 2. The molecule has 1 unspecified atom stereocenters. The van der Waals surface area contributed by atoms with Crippen molar-refractivity contribution in [3.05, 3.63) is 40.5 Å². The van der Waals surface area contributed by atoms with Crippen molar-refractivity contribution in [3.63, 3.8) is 0 Å². The summed E-state index contributed by atoms with van der Waals surface area (Å²) in [5.74, 6) is -0.900. The lowest BCUT2D eigenvalue weighted by molar-refractivity contribution is -0.130. The molecule has 3 rings (SSSR count). The lowest BCUT2D eigenvalue weighted by Crippen LogP contribution is -2.42. The van der Waals surface area contributed by atoms with E-state index in [-0.39, 0.29) is 19.5 Å². The van der Waals surface area contributed by atoms with Crippen LogP contribution < -0.4 is 5.32 Å². The average Bonchev–Trinajstić information content (AvgIpc) is 3.07. The molecule has 0 aliphatic carbocycles. The van der Waals surface area contributed by atoms with E-state index in [9.17, 15) is 14.0 Å². The van der Waals surface area contributed by atoms with Gasteiger partial charge in [-0.05, 0) is 24.3 Å². The number of carbonyl (C=O) groups excluding carboxylic acids is 2. The lowest BCUT2D eigenvalue weighted by atomic mass is 10.1. The van der Waals surface area contributed by atoms with Gasteiger partial charge in [0, 0.05) is 22.5 Å². The molecule has 1 N–H and O–H groups in total. The van der Waals surface area contributed by atoms with Crippen molar-refractivity contribution in [1.82, 2.24) is 15.2 Å². The van der Waals surface area contributed by atoms with Gasteiger partial charge in [-0.15, -0.1) is 0 Å². The van der Waals surface area contributed by atoms with Crippen LogP contribution in [0, 0.1) is 11.3 Å². The molecule has 0 bridgehead atoms. The van der Waals surface area contributed by atoms with Crippen molar-refractivity contribution in [1.29, 1.82) is 5.26 Å². The molecule has 1 aliphatic rings. The molecule has 142 valence electrons. The van der Waals surface area contributed by atoms with E-state index in [0.29, 0.717) is 16.5 Å². The summed E-state index contributed by atoms with van der Waals surface area (Å²) < 4.78 is 14.2. The molecule has 0 saturated carbocycles. The fraction of sp³-hybridized carbons (Fsp3) is 0.368. The van der Waals surface area contributed by atoms with Gasteiger partial charge in [-0.1, -0.05) is 29.8 Å². The smallest absolute Gasteiger partial charge is 0.252 e. The average molecular weight is 435 g/mol. The van der Waals surface area contributed by atoms with Crippen LogP contribution in [-0.4, -0.2) is 47.0 Å². The highest BCUT2D eigenvalue weighted by atomic mass is 79.9. The van der Waals surface area contributed by atoms with Crippen LogP contribution in [-0.2, 0) is 4.79 Å². The topological polar surface area (TPSA) is 86.1 Å². The van der Waals surface area contributed by atoms with Crippen molar-refractivity contribution in [3.8, 4) is 6.07 Å². The number of hydrogen-bond donors (Lipinski definition) is 1. The molecule has 2 amide bonds. The number of halogens is 2. The maximum absolute atomic E-state index is 13.4. The molecule has 2 aromatic rings. The number of hydrogen-bond acceptors (Lipinski definition) is 4. The minimum Gasteiger partial charge on any atom is -0.343 e. The first-order chi connectivity index (χ1) is 13.0. The Morgan fingerprint density at radius 3 is 2.85 bits per heavy atom. The fourth-order valence-electron chi connectivity index (χ4n) is 2.85. The van der Waals surface area contributed by atoms with Gasteiger partial charge in [0.15, 0.2) is 0 Å². The number of rotatable bonds is 3. The highest BCUT2D eigenvalue weighted by Crippen LogP contribution is 2.22. The summed E-state index contributed by atoms with van der Waals surface area (Å²) >= 11 is 3.36. The van der Waals surface area contributed by atoms with Crippen molar-refractivity contribution in [2.75, 3.05) is 13.1 Å². The van der Waals surface area contributed by atoms with Gasteiger partial charge in [0.2, 0.25) is 5.91 Å². The first-order valence-corrected chi connectivity index (χ1v) is 9.44. The summed E-state index contributed by atoms with van der Waals surface area (Å²) in [6.45, 7) is 3.60. The number of pyridine rings is 1. The zero-order chi connectivity index (χ0) is 20.0. The molecule has 1 saturated heterocycles. The molecule has 2 heterocycles. The maximum atomic E-state index is 13.4. The third-order valence-corrected chi connectivity index (χ3v) is 4.56. The van der Waals surface area contributed by atoms with Crippen LogP contribution in [0.5, 0.6) is 0 Å². The number of nitriles is 1. The second-order valence-corrected chi connectivity index (χ2v) is 6.64. The minimum atomic E-state index is -1.20. The molecule has 1 aliphatic heterocycles. The Labute approximate surface area is 165 Å². The number of benzene rings is 1. The highest BCUT2D eigenvalue weighted by Gasteiger charge is 2.35. The van der Waals surface area contributed by atoms with Crippen LogP contribution in [0.3, 0.4) is 0 Å². The normalized spacial score (nSPS) is 18.4. The molecular weight excluding hydrogens is 415 g/mol. The Balaban J connectivity index is 0.00000126. The van der Waals surface area contributed by atoms with E-state index in [1.807, 2.05) is 26.0 Å². The van der Waals surface area contributed by atoms with E-state index in [0.717, 1.165) is 4.47 Å². The third-order valence-electron chi connectivity index (χ3n) is 4.07. The summed E-state index contributed by atoms with van der Waals surface area (Å²) in [5.41, 5.74) is 1.05. The summed E-state index contributed by atoms with van der Waals surface area (Å²) in [4.78, 5) is 30.0. The zero-order valence-electron chi connectivity index (χ0n) is 15.1. The number of aromatic nitrogens is 1. The Morgan fingerprint density at radius 1 is 1.41 bits per heavy atom. The highest BCUT2D eigenvalue weighted by molar-refractivity contribution is 9.10. The predicted molar refractivity (Wildman–Crippen MR) is 104 cm³/mol. The van der Waals surface area contributed by atoms with Gasteiger partial charge in [0.1, 0.15) is 12.2 Å². The quantitative estimate of drug-likeness (QED) is 0.803. The Bertz CT molecular complexity index is 884. The van der Waals surface area contributed by atoms with Gasteiger partial charge in [-0.2, -0.15) is 5.26 Å². The van der Waals surface area contributed by atoms with E-state index >= 15 is 0 Å². The first kappa shape index (κ1) is 20.8. The number of likely N-dealkylation sites (tertiary alicyclic amines) is 1. The van der Waals surface area contributed by atoms with Crippen LogP contribution in [0.2, 0.25) is 0 Å². The van der Waals surface area contributed by atoms with Crippen LogP contribution in [0.15, 0.2) is 34.9 Å². The summed E-state index contributed by atoms with van der Waals surface area (Å²) in [6, 6.07) is 8.08. The monoisotopic (exact) mass is 434 g/mol. The van der Waals surface area contributed by atoms with Gasteiger partial charge in [0.05, 0.1) is 30.2 Å². The molecule has 2 atom stereocenters. The van der Waals surface area contributed by atoms with Crippen molar-refractivity contribution >= 4 is 38.6 Å². The Morgan fingerprint density at radius 2 is 2.15 bits per heavy atom.